The zero-order valence-electron chi connectivity index (χ0n) is 7.52. The first-order chi connectivity index (χ1) is 5.16. The molecule has 1 aliphatic heterocycles. The second kappa shape index (κ2) is 3.52. The second-order valence-corrected chi connectivity index (χ2v) is 3.41. The minimum Gasteiger partial charge on any atom is -0.379 e. The molecule has 0 bridgehead atoms. The van der Waals surface area contributed by atoms with Crippen LogP contribution in [0.3, 0.4) is 0 Å². The van der Waals surface area contributed by atoms with Gasteiger partial charge in [0.1, 0.15) is 0 Å². The van der Waals surface area contributed by atoms with Crippen LogP contribution in [0.1, 0.15) is 13.8 Å². The Morgan fingerprint density at radius 3 is 2.55 bits per heavy atom. The summed E-state index contributed by atoms with van der Waals surface area (Å²) >= 11 is 0. The summed E-state index contributed by atoms with van der Waals surface area (Å²) in [5, 5.41) is 3.18. The maximum absolute atomic E-state index is 5.63. The highest BCUT2D eigenvalue weighted by Crippen LogP contribution is 2.15. The van der Waals surface area contributed by atoms with Crippen molar-refractivity contribution in [2.45, 2.75) is 25.6 Å². The van der Waals surface area contributed by atoms with Crippen molar-refractivity contribution in [2.24, 2.45) is 0 Å². The van der Waals surface area contributed by atoms with Crippen LogP contribution in [0.5, 0.6) is 0 Å². The van der Waals surface area contributed by atoms with Gasteiger partial charge in [-0.15, -0.1) is 0 Å². The van der Waals surface area contributed by atoms with Crippen LogP contribution >= 0.6 is 0 Å². The van der Waals surface area contributed by atoms with Crippen LogP contribution in [0.15, 0.2) is 0 Å². The zero-order valence-corrected chi connectivity index (χ0v) is 7.52. The fourth-order valence-corrected chi connectivity index (χ4v) is 0.966. The molecule has 3 nitrogen and oxygen atoms in total. The largest absolute Gasteiger partial charge is 0.379 e. The molecule has 1 rings (SSSR count). The summed E-state index contributed by atoms with van der Waals surface area (Å²) < 4.78 is 10.7. The number of hydrogen-bond donors (Lipinski definition) is 1. The van der Waals surface area contributed by atoms with Crippen LogP contribution in [0.25, 0.3) is 0 Å². The smallest absolute Gasteiger partial charge is 0.0903 e. The fourth-order valence-electron chi connectivity index (χ4n) is 0.966. The topological polar surface area (TPSA) is 30.5 Å². The number of hydrogen-bond acceptors (Lipinski definition) is 3. The van der Waals surface area contributed by atoms with Crippen LogP contribution in [0.4, 0.5) is 0 Å². The highest BCUT2D eigenvalue weighted by Gasteiger charge is 2.32. The van der Waals surface area contributed by atoms with Crippen molar-refractivity contribution in [1.82, 2.24) is 5.32 Å². The lowest BCUT2D eigenvalue weighted by molar-refractivity contribution is -0.0989. The molecule has 1 fully saturated rings. The maximum atomic E-state index is 5.63. The third kappa shape index (κ3) is 2.43. The average molecular weight is 159 g/mol. The molecule has 3 heteroatoms. The van der Waals surface area contributed by atoms with E-state index in [4.69, 9.17) is 9.47 Å². The zero-order chi connectivity index (χ0) is 8.32. The van der Waals surface area contributed by atoms with Crippen molar-refractivity contribution in [3.8, 4) is 0 Å². The van der Waals surface area contributed by atoms with Gasteiger partial charge in [-0.2, -0.15) is 0 Å². The second-order valence-electron chi connectivity index (χ2n) is 3.41. The van der Waals surface area contributed by atoms with E-state index in [-0.39, 0.29) is 11.7 Å². The molecule has 1 saturated heterocycles. The van der Waals surface area contributed by atoms with Crippen molar-refractivity contribution in [3.05, 3.63) is 0 Å². The molecule has 0 amide bonds. The van der Waals surface area contributed by atoms with Gasteiger partial charge in [-0.05, 0) is 13.8 Å². The summed E-state index contributed by atoms with van der Waals surface area (Å²) in [6, 6.07) is 0. The summed E-state index contributed by atoms with van der Waals surface area (Å²) in [5.41, 5.74) is 0.0623. The third-order valence-electron chi connectivity index (χ3n) is 2.07. The predicted molar refractivity (Wildman–Crippen MR) is 43.7 cm³/mol. The Morgan fingerprint density at radius 1 is 1.55 bits per heavy atom. The molecule has 11 heavy (non-hydrogen) atoms. The van der Waals surface area contributed by atoms with Gasteiger partial charge in [0, 0.05) is 20.2 Å². The number of ether oxygens (including phenoxy) is 2. The van der Waals surface area contributed by atoms with E-state index < -0.39 is 0 Å². The van der Waals surface area contributed by atoms with Gasteiger partial charge < -0.3 is 14.8 Å². The Hall–Kier alpha value is -0.120. The molecule has 0 aromatic carbocycles. The van der Waals surface area contributed by atoms with Gasteiger partial charge in [0.2, 0.25) is 0 Å². The standard InChI is InChI=1S/C8H17NO2/c1-7(10-3)4-11-8(2)5-9-6-8/h7,9H,4-6H2,1-3H3. The number of rotatable bonds is 4. The first kappa shape index (κ1) is 8.97. The lowest BCUT2D eigenvalue weighted by atomic mass is 10.0. The summed E-state index contributed by atoms with van der Waals surface area (Å²) in [7, 11) is 1.70. The molecule has 0 aliphatic carbocycles. The van der Waals surface area contributed by atoms with Gasteiger partial charge in [0.05, 0.1) is 18.3 Å². The third-order valence-corrected chi connectivity index (χ3v) is 2.07. The van der Waals surface area contributed by atoms with Gasteiger partial charge in [-0.3, -0.25) is 0 Å². The Labute approximate surface area is 68.1 Å². The molecule has 0 aromatic heterocycles. The first-order valence-corrected chi connectivity index (χ1v) is 4.04. The van der Waals surface area contributed by atoms with E-state index >= 15 is 0 Å². The highest BCUT2D eigenvalue weighted by molar-refractivity contribution is 4.90. The number of methoxy groups -OCH3 is 1. The predicted octanol–water partition coefficient (Wildman–Crippen LogP) is 0.400. The molecule has 0 radical (unpaired) electrons. The van der Waals surface area contributed by atoms with Crippen LogP contribution < -0.4 is 5.32 Å². The maximum Gasteiger partial charge on any atom is 0.0903 e. The van der Waals surface area contributed by atoms with Crippen molar-refractivity contribution in [1.29, 1.82) is 0 Å². The van der Waals surface area contributed by atoms with Crippen LogP contribution in [0.2, 0.25) is 0 Å². The molecule has 0 spiro atoms. The summed E-state index contributed by atoms with van der Waals surface area (Å²) in [6.07, 6.45) is 0.201. The van der Waals surface area contributed by atoms with Crippen molar-refractivity contribution < 1.29 is 9.47 Å². The molecule has 1 N–H and O–H groups in total. The van der Waals surface area contributed by atoms with E-state index in [9.17, 15) is 0 Å². The highest BCUT2D eigenvalue weighted by atomic mass is 16.5. The van der Waals surface area contributed by atoms with Crippen LogP contribution in [0, 0.1) is 0 Å². The van der Waals surface area contributed by atoms with Crippen molar-refractivity contribution in [3.63, 3.8) is 0 Å². The van der Waals surface area contributed by atoms with Gasteiger partial charge in [0.25, 0.3) is 0 Å². The molecule has 1 atom stereocenters. The van der Waals surface area contributed by atoms with E-state index in [0.29, 0.717) is 6.61 Å². The molecule has 0 saturated carbocycles. The SMILES string of the molecule is COC(C)COC1(C)CNC1. The van der Waals surface area contributed by atoms with Crippen LogP contribution in [-0.2, 0) is 9.47 Å². The molecular weight excluding hydrogens is 142 g/mol. The lowest BCUT2D eigenvalue weighted by Gasteiger charge is -2.39. The molecule has 66 valence electrons. The molecule has 0 aromatic rings. The van der Waals surface area contributed by atoms with Gasteiger partial charge in [-0.1, -0.05) is 0 Å². The summed E-state index contributed by atoms with van der Waals surface area (Å²) in [4.78, 5) is 0. The van der Waals surface area contributed by atoms with Gasteiger partial charge >= 0.3 is 0 Å². The monoisotopic (exact) mass is 159 g/mol. The normalized spacial score (nSPS) is 24.3. The van der Waals surface area contributed by atoms with Gasteiger partial charge in [-0.25, -0.2) is 0 Å². The Kier molecular flexibility index (Phi) is 2.87. The Morgan fingerprint density at radius 2 is 2.18 bits per heavy atom. The lowest BCUT2D eigenvalue weighted by Crippen LogP contribution is -2.59. The molecule has 1 unspecified atom stereocenters. The van der Waals surface area contributed by atoms with Crippen molar-refractivity contribution in [2.75, 3.05) is 26.8 Å². The van der Waals surface area contributed by atoms with Crippen LogP contribution in [-0.4, -0.2) is 38.5 Å². The number of nitrogens with one attached hydrogen (secondary N) is 1. The molecular formula is C8H17NO2. The summed E-state index contributed by atoms with van der Waals surface area (Å²) in [5.74, 6) is 0. The molecule has 1 heterocycles. The van der Waals surface area contributed by atoms with Crippen molar-refractivity contribution >= 4 is 0 Å². The van der Waals surface area contributed by atoms with Gasteiger partial charge in [0.15, 0.2) is 0 Å². The minimum absolute atomic E-state index is 0.0623. The van der Waals surface area contributed by atoms with E-state index in [1.807, 2.05) is 6.92 Å². The summed E-state index contributed by atoms with van der Waals surface area (Å²) in [6.45, 7) is 6.74. The quantitative estimate of drug-likeness (QED) is 0.644. The van der Waals surface area contributed by atoms with E-state index in [0.717, 1.165) is 13.1 Å². The fraction of sp³-hybridized carbons (Fsp3) is 1.00. The first-order valence-electron chi connectivity index (χ1n) is 4.04. The Bertz CT molecular complexity index is 123. The average Bonchev–Trinajstić information content (AvgIpc) is 1.96. The van der Waals surface area contributed by atoms with E-state index in [1.165, 1.54) is 0 Å². The molecule has 1 aliphatic rings. The Balaban J connectivity index is 2.11. The van der Waals surface area contributed by atoms with E-state index in [2.05, 4.69) is 12.2 Å². The van der Waals surface area contributed by atoms with E-state index in [1.54, 1.807) is 7.11 Å². The minimum atomic E-state index is 0.0623.